The third kappa shape index (κ3) is 31.5. The molecule has 4 aromatic carbocycles. The lowest BCUT2D eigenvalue weighted by Crippen LogP contribution is -2.49. The number of carbonyl (C=O) groups excluding carboxylic acids is 6. The topological polar surface area (TPSA) is 412 Å². The Balaban J connectivity index is 0.000000278. The number of nitrogens with zero attached hydrogens (tertiary/aromatic N) is 7. The maximum atomic E-state index is 13.0. The van der Waals surface area contributed by atoms with E-state index < -0.39 is 77.9 Å². The number of carboxylic acid groups (broad SMARTS) is 2. The molecule has 0 bridgehead atoms. The first-order chi connectivity index (χ1) is 57.8. The molecule has 28 nitrogen and oxygen atoms in total. The van der Waals surface area contributed by atoms with Crippen LogP contribution in [0, 0.1) is 50.4 Å². The number of thiazole rings is 4. The number of β-amino-alcohol motifs (C(OH)–C–C–N with tert-alkyl or cyclic N) is 4. The van der Waals surface area contributed by atoms with E-state index in [4.69, 9.17) is 25.4 Å². The van der Waals surface area contributed by atoms with Crippen molar-refractivity contribution in [2.75, 3.05) is 26.2 Å². The molecule has 0 radical (unpaired) electrons. The molecule has 126 heavy (non-hydrogen) atoms. The van der Waals surface area contributed by atoms with Gasteiger partial charge in [0.15, 0.2) is 0 Å². The highest BCUT2D eigenvalue weighted by Crippen LogP contribution is 2.36. The van der Waals surface area contributed by atoms with Crippen LogP contribution >= 0.6 is 70.2 Å². The number of amides is 6. The minimum Gasteiger partial charge on any atom is -0.481 e. The highest BCUT2D eigenvalue weighted by molar-refractivity contribution is 7.14. The van der Waals surface area contributed by atoms with Gasteiger partial charge >= 0.3 is 24.1 Å². The van der Waals surface area contributed by atoms with Crippen molar-refractivity contribution in [1.29, 1.82) is 0 Å². The van der Waals surface area contributed by atoms with E-state index in [-0.39, 0.29) is 140 Å². The van der Waals surface area contributed by atoms with Crippen molar-refractivity contribution >= 4 is 118 Å². The number of benzene rings is 4. The number of hydrogen-bond acceptors (Lipinski definition) is 24. The molecule has 4 aliphatic heterocycles. The van der Waals surface area contributed by atoms with Crippen LogP contribution in [0.15, 0.2) is 119 Å². The Kier molecular flexibility index (Phi) is 40.5. The van der Waals surface area contributed by atoms with Gasteiger partial charge in [0.2, 0.25) is 23.6 Å². The fraction of sp³-hybridized carbons (Fsp3) is 0.522. The Morgan fingerprint density at radius 2 is 0.706 bits per heavy atom. The molecule has 0 saturated carbocycles. The Labute approximate surface area is 769 Å². The summed E-state index contributed by atoms with van der Waals surface area (Å²) in [4.78, 5) is 122. The molecule has 34 heteroatoms. The molecule has 4 fully saturated rings. The summed E-state index contributed by atoms with van der Waals surface area (Å²) in [5.74, 6) is -3.01. The van der Waals surface area contributed by atoms with Gasteiger partial charge in [0.05, 0.1) is 132 Å². The van der Waals surface area contributed by atoms with E-state index in [0.717, 1.165) is 70.8 Å². The number of aliphatic carboxylic acids is 2. The molecule has 0 aliphatic carbocycles. The van der Waals surface area contributed by atoms with Crippen LogP contribution in [0.2, 0.25) is 0 Å². The van der Waals surface area contributed by atoms with E-state index >= 15 is 0 Å². The van der Waals surface area contributed by atoms with E-state index in [1.54, 1.807) is 98.7 Å². The molecule has 12 N–H and O–H groups in total. The zero-order chi connectivity index (χ0) is 92.4. The lowest BCUT2D eigenvalue weighted by atomic mass is 9.81. The second kappa shape index (κ2) is 47.4. The minimum absolute atomic E-state index is 0. The van der Waals surface area contributed by atoms with Gasteiger partial charge in [0.1, 0.15) is 29.3 Å². The lowest BCUT2D eigenvalue weighted by Gasteiger charge is -2.33. The van der Waals surface area contributed by atoms with Crippen LogP contribution in [0.1, 0.15) is 220 Å². The molecule has 12 rings (SSSR count). The number of ether oxygens (including phenoxy) is 2. The Morgan fingerprint density at radius 1 is 0.421 bits per heavy atom. The smallest absolute Gasteiger partial charge is 0.411 e. The lowest BCUT2D eigenvalue weighted by molar-refractivity contribution is -0.145. The molecular formula is C92H130Cl2N12O16S4. The van der Waals surface area contributed by atoms with Crippen molar-refractivity contribution in [2.45, 2.75) is 262 Å². The second-order valence-corrected chi connectivity index (χ2v) is 39.6. The molecule has 0 spiro atoms. The van der Waals surface area contributed by atoms with E-state index in [1.165, 1.54) is 25.8 Å². The van der Waals surface area contributed by atoms with Crippen molar-refractivity contribution in [3.05, 3.63) is 164 Å². The van der Waals surface area contributed by atoms with Gasteiger partial charge in [-0.1, -0.05) is 152 Å². The normalized spacial score (nSPS) is 19.8. The number of aliphatic hydroxyl groups is 4. The number of hydrogen-bond donors (Lipinski definition) is 11. The van der Waals surface area contributed by atoms with E-state index in [1.807, 2.05) is 187 Å². The molecule has 4 saturated heterocycles. The first-order valence-corrected chi connectivity index (χ1v) is 45.2. The van der Waals surface area contributed by atoms with Crippen LogP contribution in [0.3, 0.4) is 0 Å². The molecule has 8 aromatic rings. The summed E-state index contributed by atoms with van der Waals surface area (Å²) in [5.41, 5.74) is 24.4. The van der Waals surface area contributed by atoms with Gasteiger partial charge in [0, 0.05) is 44.3 Å². The van der Waals surface area contributed by atoms with Gasteiger partial charge in [0.25, 0.3) is 0 Å². The van der Waals surface area contributed by atoms with Gasteiger partial charge in [-0.25, -0.2) is 34.3 Å². The molecule has 4 aliphatic rings. The first-order valence-electron chi connectivity index (χ1n) is 41.7. The predicted octanol–water partition coefficient (Wildman–Crippen LogP) is 15.8. The molecular weight excluding hydrogens is 1730 g/mol. The fourth-order valence-corrected chi connectivity index (χ4v) is 16.8. The van der Waals surface area contributed by atoms with Crippen LogP contribution in [-0.4, -0.2) is 199 Å². The van der Waals surface area contributed by atoms with Crippen LogP contribution < -0.4 is 27.0 Å². The van der Waals surface area contributed by atoms with Crippen molar-refractivity contribution in [3.63, 3.8) is 0 Å². The van der Waals surface area contributed by atoms with E-state index in [9.17, 15) is 58.8 Å². The van der Waals surface area contributed by atoms with Gasteiger partial charge < -0.3 is 72.0 Å². The Bertz CT molecular complexity index is 4850. The fourth-order valence-electron chi connectivity index (χ4n) is 13.6. The molecule has 6 amide bonds. The zero-order valence-electron chi connectivity index (χ0n) is 76.2. The highest BCUT2D eigenvalue weighted by Gasteiger charge is 2.45. The quantitative estimate of drug-likeness (QED) is 0.0403. The van der Waals surface area contributed by atoms with Crippen LogP contribution in [0.5, 0.6) is 0 Å². The minimum atomic E-state index is -1.12. The predicted molar refractivity (Wildman–Crippen MR) is 502 cm³/mol. The molecule has 4 aromatic heterocycles. The molecule has 8 heterocycles. The van der Waals surface area contributed by atoms with Crippen molar-refractivity contribution in [1.82, 2.24) is 55.9 Å². The van der Waals surface area contributed by atoms with Crippen molar-refractivity contribution in [3.8, 4) is 41.8 Å². The summed E-state index contributed by atoms with van der Waals surface area (Å²) >= 11 is 6.51. The van der Waals surface area contributed by atoms with E-state index in [2.05, 4.69) is 77.6 Å². The van der Waals surface area contributed by atoms with Gasteiger partial charge in [-0.2, -0.15) is 0 Å². The molecule has 0 unspecified atom stereocenters. The standard InChI is InChI=1S/C24H33N3O3S.C22H29N3O4S.C17H21N3O2S.C12H14N2S.C10H17NO5.C7H14O2.2ClH/c1-14(24(4,5)6)23(30)27-12-19(28)11-20(27)22(29)26-15(2)17-7-9-18(10-8-17)21-16(3)25-13-31-21;1-13(15-6-8-16(9-7-15)19-14(2)23-12-30-19)24-20(27)18-10-17(26)11-25(18)21(28)29-22(3,4)5;1-10(20-17(22)15-7-14(21)8-18-15)12-3-5-13(6-4-12)16-11(2)19-9-23-16;1-8(13)10-3-5-11(6-4-10)12-9(2)14-7-15-12;1-10(2,3)16-9(15)11-5-6(12)4-7(11)8(13)14;1-5(6(8)9)7(2,3)4;;/h7-10,13-15,19-20,28H,11-12H2,1-6H3,(H,26,29);6-9,12-13,17-18,26H,10-11H2,1-5H3,(H,24,27);3-6,9-10,14-15,18,21H,7-8H2,1-2H3,(H,20,22);3-8H,13H2,1-2H3;6-7,12H,4-5H2,1-3H3,(H,13,14);5H,1-4H3,(H,8,9);2*1H/t14-,15+,19+,20+;13-,17-,18-;10-,14-,15-;8-;6-,7-;5-;;/m100001../s1. The Hall–Kier alpha value is -8.90. The summed E-state index contributed by atoms with van der Waals surface area (Å²) in [7, 11) is 0. The number of carbonyl (C=O) groups is 8. The number of aliphatic hydroxyl groups excluding tert-OH is 4. The molecule has 14 atom stereocenters. The zero-order valence-corrected chi connectivity index (χ0v) is 81.1. The van der Waals surface area contributed by atoms with Gasteiger partial charge in [-0.3, -0.25) is 33.8 Å². The van der Waals surface area contributed by atoms with Crippen LogP contribution in [0.4, 0.5) is 9.59 Å². The summed E-state index contributed by atoms with van der Waals surface area (Å²) in [6, 6.07) is 29.6. The number of aromatic nitrogens is 4. The Morgan fingerprint density at radius 3 is 0.960 bits per heavy atom. The SMILES string of the molecule is CC(C)(C)OC(=O)N1C[C@@H](O)C[C@H]1C(=O)O.C[C@H](C(=O)O)C(C)(C)C.Cc1ncsc1-c1ccc([C@H](C)N)cc1.Cc1ncsc1-c1ccc([C@H](C)NC(=O)[C@@H]2C[C@H](O)CN2)cc1.Cc1ncsc1-c1ccc([C@H](C)NC(=O)[C@@H]2C[C@H](O)CN2C(=O)OC(C)(C)C)cc1.Cc1ncsc1-c1ccc([C@H](C)NC(=O)[C@@H]2C[C@H](O)CN2C(=O)[C@@H](C)C(C)(C)C)cc1.Cl.Cl. The van der Waals surface area contributed by atoms with Crippen LogP contribution in [-0.2, 0) is 38.2 Å². The summed E-state index contributed by atoms with van der Waals surface area (Å²) in [6.45, 7) is 42.4. The summed E-state index contributed by atoms with van der Waals surface area (Å²) in [6.07, 6.45) is -2.94. The third-order valence-electron chi connectivity index (χ3n) is 21.8. The number of likely N-dealkylation sites (tertiary alicyclic amines) is 3. The third-order valence-corrected chi connectivity index (χ3v) is 25.7. The maximum absolute atomic E-state index is 13.0. The monoisotopic (exact) mass is 1860 g/mol. The van der Waals surface area contributed by atoms with Crippen LogP contribution in [0.25, 0.3) is 41.8 Å². The van der Waals surface area contributed by atoms with Crippen molar-refractivity contribution in [2.24, 2.45) is 28.4 Å². The van der Waals surface area contributed by atoms with Crippen molar-refractivity contribution < 1.29 is 78.5 Å². The van der Waals surface area contributed by atoms with Gasteiger partial charge in [-0.05, 0) is 159 Å². The summed E-state index contributed by atoms with van der Waals surface area (Å²) < 4.78 is 10.5. The number of nitrogens with one attached hydrogen (secondary N) is 4. The average Bonchev–Trinajstić information content (AvgIpc) is 1.60. The first kappa shape index (κ1) is 108. The van der Waals surface area contributed by atoms with E-state index in [0.29, 0.717) is 13.0 Å². The largest absolute Gasteiger partial charge is 0.481 e. The number of nitrogens with two attached hydrogens (primary N) is 1. The number of halogens is 2. The average molecular weight is 1860 g/mol. The summed E-state index contributed by atoms with van der Waals surface area (Å²) in [5, 5.41) is 68.5. The highest BCUT2D eigenvalue weighted by atomic mass is 35.5. The maximum Gasteiger partial charge on any atom is 0.411 e. The number of carboxylic acids is 2. The van der Waals surface area contributed by atoms with Gasteiger partial charge in [-0.15, -0.1) is 70.2 Å². The number of aryl methyl sites for hydroxylation is 4. The molecule has 692 valence electrons. The second-order valence-electron chi connectivity index (χ2n) is 36.2. The number of rotatable bonds is 17.